The van der Waals surface area contributed by atoms with Crippen LogP contribution in [0, 0.1) is 5.82 Å². The van der Waals surface area contributed by atoms with Gasteiger partial charge in [0.1, 0.15) is 24.2 Å². The summed E-state index contributed by atoms with van der Waals surface area (Å²) in [6.07, 6.45) is 4.28. The van der Waals surface area contributed by atoms with E-state index in [1.54, 1.807) is 11.0 Å². The van der Waals surface area contributed by atoms with Crippen LogP contribution >= 0.6 is 0 Å². The van der Waals surface area contributed by atoms with Crippen molar-refractivity contribution in [3.63, 3.8) is 0 Å². The van der Waals surface area contributed by atoms with Crippen LogP contribution in [0.4, 0.5) is 4.39 Å². The smallest absolute Gasteiger partial charge is 0.254 e. The number of halogens is 1. The van der Waals surface area contributed by atoms with E-state index in [0.29, 0.717) is 12.1 Å². The van der Waals surface area contributed by atoms with Gasteiger partial charge in [0, 0.05) is 24.2 Å². The Balaban J connectivity index is 1.83. The fourth-order valence-electron chi connectivity index (χ4n) is 2.83. The van der Waals surface area contributed by atoms with Gasteiger partial charge in [-0.15, -0.1) is 0 Å². The molecule has 0 bridgehead atoms. The molecule has 1 aliphatic rings. The van der Waals surface area contributed by atoms with Crippen LogP contribution in [0.5, 0.6) is 0 Å². The topological polar surface area (TPSA) is 77.0 Å². The molecule has 6 nitrogen and oxygen atoms in total. The third kappa shape index (κ3) is 2.71. The summed E-state index contributed by atoms with van der Waals surface area (Å²) in [6, 6.07) is 4.60. The van der Waals surface area contributed by atoms with Crippen LogP contribution in [-0.4, -0.2) is 44.2 Å². The molecule has 7 heteroatoms. The molecule has 0 aliphatic carbocycles. The Morgan fingerprint density at radius 3 is 2.91 bits per heavy atom. The molecule has 1 amide bonds. The zero-order valence-electron chi connectivity index (χ0n) is 12.3. The third-order valence-corrected chi connectivity index (χ3v) is 4.04. The maximum atomic E-state index is 14.2. The van der Waals surface area contributed by atoms with E-state index in [1.165, 1.54) is 29.5 Å². The largest absolute Gasteiger partial charge is 0.336 e. The highest BCUT2D eigenvalue weighted by Crippen LogP contribution is 2.21. The molecule has 1 aromatic heterocycles. The molecular formula is C15H18FN5O. The molecule has 2 aromatic rings. The molecule has 1 fully saturated rings. The van der Waals surface area contributed by atoms with Crippen LogP contribution in [0.2, 0.25) is 0 Å². The van der Waals surface area contributed by atoms with Gasteiger partial charge in [-0.25, -0.2) is 14.1 Å². The Hall–Kier alpha value is -2.28. The molecule has 0 radical (unpaired) electrons. The van der Waals surface area contributed by atoms with Crippen molar-refractivity contribution >= 4 is 5.91 Å². The number of likely N-dealkylation sites (tertiary alicyclic amines) is 1. The fraction of sp³-hybridized carbons (Fsp3) is 0.400. The highest BCUT2D eigenvalue weighted by molar-refractivity contribution is 5.94. The summed E-state index contributed by atoms with van der Waals surface area (Å²) < 4.78 is 15.5. The second-order valence-electron chi connectivity index (χ2n) is 5.64. The number of carbonyl (C=O) groups excluding carboxylic acids is 1. The van der Waals surface area contributed by atoms with E-state index >= 15 is 0 Å². The van der Waals surface area contributed by atoms with E-state index in [2.05, 4.69) is 10.1 Å². The molecule has 116 valence electrons. The summed E-state index contributed by atoms with van der Waals surface area (Å²) in [7, 11) is 0. The van der Waals surface area contributed by atoms with Gasteiger partial charge in [-0.05, 0) is 38.0 Å². The lowest BCUT2D eigenvalue weighted by atomic mass is 9.98. The first-order valence-electron chi connectivity index (χ1n) is 7.27. The van der Waals surface area contributed by atoms with Crippen molar-refractivity contribution in [2.24, 2.45) is 5.73 Å². The van der Waals surface area contributed by atoms with Gasteiger partial charge in [0.2, 0.25) is 0 Å². The summed E-state index contributed by atoms with van der Waals surface area (Å²) >= 11 is 0. The van der Waals surface area contributed by atoms with Crippen molar-refractivity contribution in [1.29, 1.82) is 0 Å². The third-order valence-electron chi connectivity index (χ3n) is 4.04. The van der Waals surface area contributed by atoms with Gasteiger partial charge in [-0.2, -0.15) is 5.10 Å². The Morgan fingerprint density at radius 1 is 1.45 bits per heavy atom. The first-order chi connectivity index (χ1) is 10.6. The SMILES string of the molecule is C[C@H]1C[C@@H](N)CCN1C(=O)c1ccc(-n2cncn2)c(F)c1. The number of carbonyl (C=O) groups is 1. The first kappa shape index (κ1) is 14.6. The van der Waals surface area contributed by atoms with Gasteiger partial charge < -0.3 is 10.6 Å². The van der Waals surface area contributed by atoms with Crippen LogP contribution in [0.1, 0.15) is 30.1 Å². The highest BCUT2D eigenvalue weighted by Gasteiger charge is 2.28. The zero-order chi connectivity index (χ0) is 15.7. The van der Waals surface area contributed by atoms with Crippen LogP contribution in [0.15, 0.2) is 30.9 Å². The summed E-state index contributed by atoms with van der Waals surface area (Å²) in [5.41, 5.74) is 6.51. The lowest BCUT2D eigenvalue weighted by Gasteiger charge is -2.36. The Morgan fingerprint density at radius 2 is 2.27 bits per heavy atom. The predicted octanol–water partition coefficient (Wildman–Crippen LogP) is 1.36. The van der Waals surface area contributed by atoms with Gasteiger partial charge in [0.25, 0.3) is 5.91 Å². The molecule has 1 saturated heterocycles. The van der Waals surface area contributed by atoms with Crippen molar-refractivity contribution in [3.05, 3.63) is 42.2 Å². The molecule has 3 rings (SSSR count). The highest BCUT2D eigenvalue weighted by atomic mass is 19.1. The summed E-state index contributed by atoms with van der Waals surface area (Å²) in [4.78, 5) is 18.1. The number of piperidine rings is 1. The lowest BCUT2D eigenvalue weighted by Crippen LogP contribution is -2.48. The quantitative estimate of drug-likeness (QED) is 0.908. The van der Waals surface area contributed by atoms with Crippen molar-refractivity contribution in [1.82, 2.24) is 19.7 Å². The minimum absolute atomic E-state index is 0.0642. The van der Waals surface area contributed by atoms with E-state index in [9.17, 15) is 9.18 Å². The standard InChI is InChI=1S/C15H18FN5O/c1-10-6-12(17)4-5-20(10)15(22)11-2-3-14(13(16)7-11)21-9-18-8-19-21/h2-3,7-10,12H,4-6,17H2,1H3/t10-,12-/m0/s1. The average molecular weight is 303 g/mol. The monoisotopic (exact) mass is 303 g/mol. The van der Waals surface area contributed by atoms with Crippen LogP contribution in [-0.2, 0) is 0 Å². The number of benzene rings is 1. The maximum absolute atomic E-state index is 14.2. The number of rotatable bonds is 2. The Labute approximate surface area is 127 Å². The molecule has 1 aromatic carbocycles. The van der Waals surface area contributed by atoms with Gasteiger partial charge >= 0.3 is 0 Å². The zero-order valence-corrected chi connectivity index (χ0v) is 12.3. The van der Waals surface area contributed by atoms with Gasteiger partial charge in [0.15, 0.2) is 0 Å². The van der Waals surface area contributed by atoms with Crippen molar-refractivity contribution < 1.29 is 9.18 Å². The number of hydrogen-bond donors (Lipinski definition) is 1. The number of aromatic nitrogens is 3. The van der Waals surface area contributed by atoms with E-state index < -0.39 is 5.82 Å². The lowest BCUT2D eigenvalue weighted by molar-refractivity contribution is 0.0618. The number of nitrogens with two attached hydrogens (primary N) is 1. The Kier molecular flexibility index (Phi) is 3.89. The van der Waals surface area contributed by atoms with Crippen molar-refractivity contribution in [2.45, 2.75) is 31.8 Å². The fourth-order valence-corrected chi connectivity index (χ4v) is 2.83. The molecule has 2 atom stereocenters. The van der Waals surface area contributed by atoms with E-state index in [4.69, 9.17) is 5.73 Å². The molecule has 0 unspecified atom stereocenters. The minimum atomic E-state index is -0.502. The molecule has 2 N–H and O–H groups in total. The molecule has 0 saturated carbocycles. The molecule has 2 heterocycles. The van der Waals surface area contributed by atoms with Crippen LogP contribution in [0.3, 0.4) is 0 Å². The predicted molar refractivity (Wildman–Crippen MR) is 79.0 cm³/mol. The Bertz CT molecular complexity index is 673. The second-order valence-corrected chi connectivity index (χ2v) is 5.64. The molecule has 1 aliphatic heterocycles. The number of nitrogens with zero attached hydrogens (tertiary/aromatic N) is 4. The summed E-state index contributed by atoms with van der Waals surface area (Å²) in [5.74, 6) is -0.666. The van der Waals surface area contributed by atoms with Gasteiger partial charge in [-0.1, -0.05) is 0 Å². The van der Waals surface area contributed by atoms with Crippen LogP contribution in [0.25, 0.3) is 5.69 Å². The van der Waals surface area contributed by atoms with E-state index in [1.807, 2.05) is 6.92 Å². The normalized spacial score (nSPS) is 21.9. The summed E-state index contributed by atoms with van der Waals surface area (Å²) in [6.45, 7) is 2.57. The molecular weight excluding hydrogens is 285 g/mol. The number of amides is 1. The second kappa shape index (κ2) is 5.84. The van der Waals surface area contributed by atoms with Crippen molar-refractivity contribution in [2.75, 3.05) is 6.54 Å². The summed E-state index contributed by atoms with van der Waals surface area (Å²) in [5, 5.41) is 3.89. The average Bonchev–Trinajstić information content (AvgIpc) is 3.00. The first-order valence-corrected chi connectivity index (χ1v) is 7.27. The van der Waals surface area contributed by atoms with E-state index in [-0.39, 0.29) is 23.7 Å². The molecule has 22 heavy (non-hydrogen) atoms. The van der Waals surface area contributed by atoms with Gasteiger partial charge in [0.05, 0.1) is 0 Å². The van der Waals surface area contributed by atoms with Crippen molar-refractivity contribution in [3.8, 4) is 5.69 Å². The number of hydrogen-bond acceptors (Lipinski definition) is 4. The van der Waals surface area contributed by atoms with E-state index in [0.717, 1.165) is 12.8 Å². The van der Waals surface area contributed by atoms with Gasteiger partial charge in [-0.3, -0.25) is 4.79 Å². The van der Waals surface area contributed by atoms with Crippen LogP contribution < -0.4 is 5.73 Å². The maximum Gasteiger partial charge on any atom is 0.254 e. The minimum Gasteiger partial charge on any atom is -0.336 e. The molecule has 0 spiro atoms.